The van der Waals surface area contributed by atoms with E-state index < -0.39 is 12.5 Å². The fourth-order valence-electron chi connectivity index (χ4n) is 1.81. The molecule has 0 aromatic carbocycles. The van der Waals surface area contributed by atoms with E-state index >= 15 is 0 Å². The number of alkyl halides is 2. The van der Waals surface area contributed by atoms with E-state index in [0.29, 0.717) is 12.8 Å². The number of carbonyl (C=O) groups excluding carboxylic acids is 1. The average molecular weight is 236 g/mol. The number of amides is 1. The predicted octanol–water partition coefficient (Wildman–Crippen LogP) is 0.117. The summed E-state index contributed by atoms with van der Waals surface area (Å²) >= 11 is 0. The van der Waals surface area contributed by atoms with Crippen LogP contribution in [-0.4, -0.2) is 42.7 Å². The van der Waals surface area contributed by atoms with Crippen LogP contribution in [0.5, 0.6) is 0 Å². The van der Waals surface area contributed by atoms with Crippen LogP contribution in [0.15, 0.2) is 0 Å². The summed E-state index contributed by atoms with van der Waals surface area (Å²) in [6.45, 7) is 2.36. The van der Waals surface area contributed by atoms with Crippen LogP contribution in [0.25, 0.3) is 0 Å². The molecule has 94 valence electrons. The van der Waals surface area contributed by atoms with Crippen LogP contribution in [0, 0.1) is 5.92 Å². The highest BCUT2D eigenvalue weighted by atomic mass is 19.3. The molecule has 16 heavy (non-hydrogen) atoms. The highest BCUT2D eigenvalue weighted by molar-refractivity contribution is 5.78. The molecule has 0 aromatic heterocycles. The van der Waals surface area contributed by atoms with Crippen LogP contribution in [0.4, 0.5) is 8.78 Å². The van der Waals surface area contributed by atoms with Crippen LogP contribution >= 0.6 is 0 Å². The molecule has 0 bridgehead atoms. The van der Waals surface area contributed by atoms with Crippen molar-refractivity contribution in [3.63, 3.8) is 0 Å². The van der Waals surface area contributed by atoms with Crippen LogP contribution in [-0.2, 0) is 4.79 Å². The second kappa shape index (κ2) is 6.10. The summed E-state index contributed by atoms with van der Waals surface area (Å²) < 4.78 is 23.9. The molecule has 1 amide bonds. The molecule has 0 aromatic rings. The number of halogens is 2. The minimum absolute atomic E-state index is 0.138. The minimum atomic E-state index is -2.81. The largest absolute Gasteiger partial charge is 0.385 e. The standard InChI is InChI=1S/C10H18F2N2O2/c1-6-4-7(2-3-13-6)10(16)14-5-8(15)9(11)12/h6-9,13,15H,2-5H2,1H3,(H,14,16). The van der Waals surface area contributed by atoms with Crippen molar-refractivity contribution in [2.75, 3.05) is 13.1 Å². The minimum Gasteiger partial charge on any atom is -0.385 e. The SMILES string of the molecule is CC1CC(C(=O)NCC(O)C(F)F)CCN1. The maximum Gasteiger partial charge on any atom is 0.265 e. The van der Waals surface area contributed by atoms with E-state index in [1.165, 1.54) is 0 Å². The lowest BCUT2D eigenvalue weighted by Gasteiger charge is -2.27. The Bertz CT molecular complexity index is 239. The zero-order chi connectivity index (χ0) is 12.1. The second-order valence-corrected chi connectivity index (χ2v) is 4.22. The van der Waals surface area contributed by atoms with Crippen molar-refractivity contribution in [3.05, 3.63) is 0 Å². The lowest BCUT2D eigenvalue weighted by molar-refractivity contribution is -0.127. The molecule has 0 aliphatic carbocycles. The monoisotopic (exact) mass is 236 g/mol. The van der Waals surface area contributed by atoms with E-state index in [9.17, 15) is 13.6 Å². The molecule has 3 N–H and O–H groups in total. The summed E-state index contributed by atoms with van der Waals surface area (Å²) in [6.07, 6.45) is -3.17. The Morgan fingerprint density at radius 3 is 2.88 bits per heavy atom. The molecule has 3 unspecified atom stereocenters. The molecule has 1 saturated heterocycles. The van der Waals surface area contributed by atoms with Crippen LogP contribution in [0.2, 0.25) is 0 Å². The Morgan fingerprint density at radius 2 is 2.31 bits per heavy atom. The van der Waals surface area contributed by atoms with Crippen molar-refractivity contribution < 1.29 is 18.7 Å². The molecule has 1 fully saturated rings. The highest BCUT2D eigenvalue weighted by Gasteiger charge is 2.25. The molecular weight excluding hydrogens is 218 g/mol. The molecule has 4 nitrogen and oxygen atoms in total. The first-order valence-corrected chi connectivity index (χ1v) is 5.48. The van der Waals surface area contributed by atoms with Gasteiger partial charge in [-0.15, -0.1) is 0 Å². The Balaban J connectivity index is 2.29. The normalized spacial score (nSPS) is 27.8. The Labute approximate surface area is 93.4 Å². The van der Waals surface area contributed by atoms with E-state index in [0.717, 1.165) is 6.54 Å². The second-order valence-electron chi connectivity index (χ2n) is 4.22. The number of carbonyl (C=O) groups is 1. The maximum absolute atomic E-state index is 12.0. The summed E-state index contributed by atoms with van der Waals surface area (Å²) in [7, 11) is 0. The van der Waals surface area contributed by atoms with E-state index in [1.807, 2.05) is 6.92 Å². The average Bonchev–Trinajstić information content (AvgIpc) is 2.25. The zero-order valence-electron chi connectivity index (χ0n) is 9.25. The summed E-state index contributed by atoms with van der Waals surface area (Å²) in [5.74, 6) is -0.380. The van der Waals surface area contributed by atoms with Gasteiger partial charge in [0.2, 0.25) is 5.91 Å². The topological polar surface area (TPSA) is 61.4 Å². The van der Waals surface area contributed by atoms with E-state index in [1.54, 1.807) is 0 Å². The van der Waals surface area contributed by atoms with Crippen LogP contribution < -0.4 is 10.6 Å². The van der Waals surface area contributed by atoms with Gasteiger partial charge in [0.05, 0.1) is 0 Å². The lowest BCUT2D eigenvalue weighted by Crippen LogP contribution is -2.44. The first-order valence-electron chi connectivity index (χ1n) is 5.48. The van der Waals surface area contributed by atoms with Gasteiger partial charge < -0.3 is 15.7 Å². The van der Waals surface area contributed by atoms with Gasteiger partial charge in [-0.05, 0) is 26.3 Å². The fourth-order valence-corrected chi connectivity index (χ4v) is 1.81. The molecule has 1 rings (SSSR count). The molecule has 0 spiro atoms. The smallest absolute Gasteiger partial charge is 0.265 e. The van der Waals surface area contributed by atoms with Crippen molar-refractivity contribution in [1.29, 1.82) is 0 Å². The van der Waals surface area contributed by atoms with Crippen molar-refractivity contribution >= 4 is 5.91 Å². The Hall–Kier alpha value is -0.750. The summed E-state index contributed by atoms with van der Waals surface area (Å²) in [6, 6.07) is 0.268. The van der Waals surface area contributed by atoms with Crippen molar-refractivity contribution in [1.82, 2.24) is 10.6 Å². The summed E-state index contributed by atoms with van der Waals surface area (Å²) in [4.78, 5) is 11.6. The zero-order valence-corrected chi connectivity index (χ0v) is 9.25. The highest BCUT2D eigenvalue weighted by Crippen LogP contribution is 2.15. The van der Waals surface area contributed by atoms with Gasteiger partial charge in [0.1, 0.15) is 6.10 Å². The Morgan fingerprint density at radius 1 is 1.62 bits per heavy atom. The predicted molar refractivity (Wildman–Crippen MR) is 55.2 cm³/mol. The van der Waals surface area contributed by atoms with Crippen molar-refractivity contribution in [3.8, 4) is 0 Å². The number of rotatable bonds is 4. The van der Waals surface area contributed by atoms with Gasteiger partial charge in [-0.1, -0.05) is 0 Å². The van der Waals surface area contributed by atoms with Crippen LogP contribution in [0.3, 0.4) is 0 Å². The Kier molecular flexibility index (Phi) is 5.08. The van der Waals surface area contributed by atoms with Crippen molar-refractivity contribution in [2.24, 2.45) is 5.92 Å². The summed E-state index contributed by atoms with van der Waals surface area (Å²) in [5.41, 5.74) is 0. The van der Waals surface area contributed by atoms with Crippen LogP contribution in [0.1, 0.15) is 19.8 Å². The van der Waals surface area contributed by atoms with E-state index in [2.05, 4.69) is 10.6 Å². The fraction of sp³-hybridized carbons (Fsp3) is 0.900. The molecule has 0 saturated carbocycles. The number of nitrogens with one attached hydrogen (secondary N) is 2. The van der Waals surface area contributed by atoms with Crippen molar-refractivity contribution in [2.45, 2.75) is 38.3 Å². The number of piperidine rings is 1. The van der Waals surface area contributed by atoms with Gasteiger partial charge in [-0.25, -0.2) is 8.78 Å². The molecule has 1 aliphatic rings. The van der Waals surface area contributed by atoms with Gasteiger partial charge in [-0.2, -0.15) is 0 Å². The van der Waals surface area contributed by atoms with E-state index in [-0.39, 0.29) is 24.4 Å². The number of aliphatic hydroxyl groups is 1. The maximum atomic E-state index is 12.0. The first kappa shape index (κ1) is 13.3. The third-order valence-corrected chi connectivity index (χ3v) is 2.77. The number of hydrogen-bond donors (Lipinski definition) is 3. The third-order valence-electron chi connectivity index (χ3n) is 2.77. The quantitative estimate of drug-likeness (QED) is 0.649. The van der Waals surface area contributed by atoms with Gasteiger partial charge in [0.25, 0.3) is 6.43 Å². The van der Waals surface area contributed by atoms with Gasteiger partial charge >= 0.3 is 0 Å². The van der Waals surface area contributed by atoms with E-state index in [4.69, 9.17) is 5.11 Å². The molecule has 3 atom stereocenters. The lowest BCUT2D eigenvalue weighted by atomic mass is 9.92. The van der Waals surface area contributed by atoms with Gasteiger partial charge in [0, 0.05) is 18.5 Å². The third kappa shape index (κ3) is 4.02. The van der Waals surface area contributed by atoms with Gasteiger partial charge in [0.15, 0.2) is 0 Å². The molecule has 0 radical (unpaired) electrons. The summed E-state index contributed by atoms with van der Waals surface area (Å²) in [5, 5.41) is 14.4. The molecular formula is C10H18F2N2O2. The molecule has 1 aliphatic heterocycles. The van der Waals surface area contributed by atoms with Gasteiger partial charge in [-0.3, -0.25) is 4.79 Å². The first-order chi connectivity index (χ1) is 7.50. The molecule has 1 heterocycles. The number of hydrogen-bond acceptors (Lipinski definition) is 3. The molecule has 6 heteroatoms. The number of aliphatic hydroxyl groups excluding tert-OH is 1.